The van der Waals surface area contributed by atoms with Gasteiger partial charge >= 0.3 is 7.80 Å². The molecule has 0 saturated carbocycles. The summed E-state index contributed by atoms with van der Waals surface area (Å²) in [6.45, 7) is 0. The zero-order valence-electron chi connectivity index (χ0n) is 16.4. The standard InChI is InChI=1S/C28H20OP/c29-30(24-12-5-2-6-13-24)25-18-15-22(16-19-25)27-20-17-21-9-7-8-14-26(21)28(27)23-10-3-1-4-11-23/h1-20H/q+1. The van der Waals surface area contributed by atoms with Crippen LogP contribution in [0, 0.1) is 0 Å². The fourth-order valence-corrected chi connectivity index (χ4v) is 5.08. The SMILES string of the molecule is O=[P+](c1ccccc1)c1ccc(-c2ccc3ccccc3c2-c2ccccc2)cc1. The van der Waals surface area contributed by atoms with E-state index in [0.717, 1.165) is 16.2 Å². The average molecular weight is 403 g/mol. The fourth-order valence-electron chi connectivity index (χ4n) is 3.92. The second-order valence-corrected chi connectivity index (χ2v) is 8.87. The van der Waals surface area contributed by atoms with E-state index in [9.17, 15) is 4.57 Å². The number of hydrogen-bond donors (Lipinski definition) is 0. The zero-order chi connectivity index (χ0) is 20.3. The van der Waals surface area contributed by atoms with Crippen LogP contribution in [0.5, 0.6) is 0 Å². The lowest BCUT2D eigenvalue weighted by molar-refractivity contribution is 0.598. The summed E-state index contributed by atoms with van der Waals surface area (Å²) in [5.41, 5.74) is 4.74. The van der Waals surface area contributed by atoms with Gasteiger partial charge in [0.2, 0.25) is 0 Å². The lowest BCUT2D eigenvalue weighted by Gasteiger charge is -2.14. The van der Waals surface area contributed by atoms with Crippen LogP contribution in [0.3, 0.4) is 0 Å². The van der Waals surface area contributed by atoms with Crippen molar-refractivity contribution in [1.82, 2.24) is 0 Å². The van der Waals surface area contributed by atoms with E-state index < -0.39 is 7.80 Å². The van der Waals surface area contributed by atoms with Gasteiger partial charge in [-0.1, -0.05) is 89.5 Å². The molecule has 5 rings (SSSR count). The first-order valence-electron chi connectivity index (χ1n) is 10.0. The smallest absolute Gasteiger partial charge is 0.0622 e. The molecule has 0 heterocycles. The van der Waals surface area contributed by atoms with Gasteiger partial charge in [-0.25, -0.2) is 0 Å². The van der Waals surface area contributed by atoms with Crippen LogP contribution in [0.1, 0.15) is 0 Å². The first-order valence-corrected chi connectivity index (χ1v) is 11.3. The third-order valence-electron chi connectivity index (χ3n) is 5.40. The summed E-state index contributed by atoms with van der Waals surface area (Å²) >= 11 is 0. The highest BCUT2D eigenvalue weighted by Crippen LogP contribution is 2.38. The van der Waals surface area contributed by atoms with Gasteiger partial charge in [-0.05, 0) is 69.4 Å². The minimum atomic E-state index is -1.58. The maximum atomic E-state index is 12.9. The Hall–Kier alpha value is -3.54. The van der Waals surface area contributed by atoms with Gasteiger partial charge in [0.15, 0.2) is 10.6 Å². The quantitative estimate of drug-likeness (QED) is 0.297. The van der Waals surface area contributed by atoms with Crippen molar-refractivity contribution in [2.45, 2.75) is 0 Å². The number of hydrogen-bond acceptors (Lipinski definition) is 1. The van der Waals surface area contributed by atoms with Crippen molar-refractivity contribution < 1.29 is 4.57 Å². The molecule has 1 atom stereocenters. The van der Waals surface area contributed by atoms with Crippen LogP contribution >= 0.6 is 7.80 Å². The Morgan fingerprint density at radius 3 is 1.80 bits per heavy atom. The van der Waals surface area contributed by atoms with E-state index in [1.54, 1.807) is 0 Å². The second kappa shape index (κ2) is 8.06. The Labute approximate surface area is 177 Å². The van der Waals surface area contributed by atoms with E-state index in [4.69, 9.17) is 0 Å². The molecule has 0 amide bonds. The largest absolute Gasteiger partial charge is 0.415 e. The van der Waals surface area contributed by atoms with E-state index >= 15 is 0 Å². The first-order chi connectivity index (χ1) is 14.8. The molecule has 30 heavy (non-hydrogen) atoms. The van der Waals surface area contributed by atoms with Crippen LogP contribution in [0.2, 0.25) is 0 Å². The summed E-state index contributed by atoms with van der Waals surface area (Å²) in [7, 11) is -1.58. The topological polar surface area (TPSA) is 17.1 Å². The van der Waals surface area contributed by atoms with Crippen molar-refractivity contribution in [2.75, 3.05) is 0 Å². The van der Waals surface area contributed by atoms with Gasteiger partial charge in [0, 0.05) is 0 Å². The molecule has 0 aromatic heterocycles. The maximum Gasteiger partial charge on any atom is 0.415 e. The third-order valence-corrected chi connectivity index (χ3v) is 6.93. The minimum Gasteiger partial charge on any atom is -0.0622 e. The molecule has 0 aliphatic heterocycles. The molecule has 0 aliphatic carbocycles. The Morgan fingerprint density at radius 2 is 1.07 bits per heavy atom. The van der Waals surface area contributed by atoms with Crippen molar-refractivity contribution in [1.29, 1.82) is 0 Å². The molecule has 0 saturated heterocycles. The predicted octanol–water partition coefficient (Wildman–Crippen LogP) is 6.95. The van der Waals surface area contributed by atoms with Crippen LogP contribution in [0.25, 0.3) is 33.0 Å². The third kappa shape index (κ3) is 3.45. The lowest BCUT2D eigenvalue weighted by Crippen LogP contribution is -2.05. The maximum absolute atomic E-state index is 12.9. The van der Waals surface area contributed by atoms with Gasteiger partial charge in [-0.3, -0.25) is 0 Å². The fraction of sp³-hybridized carbons (Fsp3) is 0. The highest BCUT2D eigenvalue weighted by atomic mass is 31.1. The zero-order valence-corrected chi connectivity index (χ0v) is 17.3. The summed E-state index contributed by atoms with van der Waals surface area (Å²) in [6.07, 6.45) is 0. The summed E-state index contributed by atoms with van der Waals surface area (Å²) < 4.78 is 12.9. The summed E-state index contributed by atoms with van der Waals surface area (Å²) in [5.74, 6) is 0. The minimum absolute atomic E-state index is 0.849. The monoisotopic (exact) mass is 403 g/mol. The van der Waals surface area contributed by atoms with Crippen LogP contribution in [0.4, 0.5) is 0 Å². The lowest BCUT2D eigenvalue weighted by atomic mass is 9.90. The van der Waals surface area contributed by atoms with Gasteiger partial charge in [-0.2, -0.15) is 0 Å². The molecular weight excluding hydrogens is 383 g/mol. The summed E-state index contributed by atoms with van der Waals surface area (Å²) in [5, 5.41) is 4.17. The van der Waals surface area contributed by atoms with E-state index in [1.165, 1.54) is 27.5 Å². The molecular formula is C28H20OP+. The van der Waals surface area contributed by atoms with Gasteiger partial charge in [-0.15, -0.1) is 0 Å². The summed E-state index contributed by atoms with van der Waals surface area (Å²) in [4.78, 5) is 0. The van der Waals surface area contributed by atoms with Crippen molar-refractivity contribution in [3.63, 3.8) is 0 Å². The molecule has 5 aromatic carbocycles. The highest BCUT2D eigenvalue weighted by Gasteiger charge is 2.23. The van der Waals surface area contributed by atoms with Crippen molar-refractivity contribution in [2.24, 2.45) is 0 Å². The van der Waals surface area contributed by atoms with Crippen LogP contribution in [-0.4, -0.2) is 0 Å². The Balaban J connectivity index is 1.62. The molecule has 0 fully saturated rings. The van der Waals surface area contributed by atoms with Crippen molar-refractivity contribution in [3.8, 4) is 22.3 Å². The van der Waals surface area contributed by atoms with Crippen LogP contribution < -0.4 is 10.6 Å². The summed E-state index contributed by atoms with van der Waals surface area (Å²) in [6, 6.07) is 41.2. The Morgan fingerprint density at radius 1 is 0.467 bits per heavy atom. The molecule has 0 radical (unpaired) electrons. The number of fused-ring (bicyclic) bond motifs is 1. The van der Waals surface area contributed by atoms with Crippen molar-refractivity contribution >= 4 is 29.2 Å². The van der Waals surface area contributed by atoms with Crippen LogP contribution in [0.15, 0.2) is 121 Å². The van der Waals surface area contributed by atoms with Gasteiger partial charge in [0.05, 0.1) is 0 Å². The van der Waals surface area contributed by atoms with E-state index in [-0.39, 0.29) is 0 Å². The molecule has 5 aromatic rings. The molecule has 0 bridgehead atoms. The van der Waals surface area contributed by atoms with Gasteiger partial charge in [0.25, 0.3) is 0 Å². The normalized spacial score (nSPS) is 11.4. The number of benzene rings is 5. The van der Waals surface area contributed by atoms with Gasteiger partial charge < -0.3 is 0 Å². The second-order valence-electron chi connectivity index (χ2n) is 7.25. The predicted molar refractivity (Wildman–Crippen MR) is 128 cm³/mol. The molecule has 0 aliphatic rings. The molecule has 142 valence electrons. The molecule has 0 N–H and O–H groups in total. The van der Waals surface area contributed by atoms with E-state index in [0.29, 0.717) is 0 Å². The van der Waals surface area contributed by atoms with Crippen molar-refractivity contribution in [3.05, 3.63) is 121 Å². The number of rotatable bonds is 4. The molecule has 1 unspecified atom stereocenters. The van der Waals surface area contributed by atoms with Gasteiger partial charge in [0.1, 0.15) is 0 Å². The molecule has 0 spiro atoms. The molecule has 2 heteroatoms. The highest BCUT2D eigenvalue weighted by molar-refractivity contribution is 7.61. The Bertz CT molecular complexity index is 1320. The van der Waals surface area contributed by atoms with Crippen LogP contribution in [-0.2, 0) is 4.57 Å². The first kappa shape index (κ1) is 18.5. The van der Waals surface area contributed by atoms with E-state index in [2.05, 4.69) is 72.8 Å². The molecule has 1 nitrogen and oxygen atoms in total. The average Bonchev–Trinajstić information content (AvgIpc) is 2.84. The van der Waals surface area contributed by atoms with E-state index in [1.807, 2.05) is 48.5 Å². The Kier molecular flexibility index (Phi) is 4.97.